The molecule has 5 rings (SSSR count). The third-order valence-electron chi connectivity index (χ3n) is 7.02. The van der Waals surface area contributed by atoms with Crippen molar-refractivity contribution >= 4 is 23.4 Å². The molecule has 0 saturated heterocycles. The van der Waals surface area contributed by atoms with E-state index in [9.17, 15) is 9.59 Å². The van der Waals surface area contributed by atoms with Gasteiger partial charge in [0.2, 0.25) is 0 Å². The van der Waals surface area contributed by atoms with Gasteiger partial charge in [-0.15, -0.1) is 0 Å². The van der Waals surface area contributed by atoms with Gasteiger partial charge >= 0.3 is 5.97 Å². The number of rotatable bonds is 11. The van der Waals surface area contributed by atoms with Crippen molar-refractivity contribution in [3.8, 4) is 23.0 Å². The van der Waals surface area contributed by atoms with Gasteiger partial charge in [-0.2, -0.15) is 0 Å². The highest BCUT2D eigenvalue weighted by Crippen LogP contribution is 2.36. The molecular weight excluding hydrogens is 580 g/mol. The van der Waals surface area contributed by atoms with Gasteiger partial charge in [0.1, 0.15) is 13.2 Å². The molecule has 1 atom stereocenters. The lowest BCUT2D eigenvalue weighted by atomic mass is 9.95. The fourth-order valence-corrected chi connectivity index (χ4v) is 5.96. The Hall–Kier alpha value is -5.09. The Bertz CT molecular complexity index is 1910. The van der Waals surface area contributed by atoms with Crippen LogP contribution >= 0.6 is 11.3 Å². The minimum Gasteiger partial charge on any atom is -0.493 e. The van der Waals surface area contributed by atoms with E-state index in [0.29, 0.717) is 50.2 Å². The van der Waals surface area contributed by atoms with E-state index in [1.54, 1.807) is 58.6 Å². The third kappa shape index (κ3) is 6.16. The molecule has 0 N–H and O–H groups in total. The van der Waals surface area contributed by atoms with Crippen molar-refractivity contribution in [3.05, 3.63) is 127 Å². The Morgan fingerprint density at radius 1 is 0.955 bits per heavy atom. The Labute approximate surface area is 258 Å². The van der Waals surface area contributed by atoms with Gasteiger partial charge in [0.25, 0.3) is 5.56 Å². The molecule has 0 radical (unpaired) electrons. The molecule has 226 valence electrons. The topological polar surface area (TPSA) is 97.6 Å². The van der Waals surface area contributed by atoms with Gasteiger partial charge in [0.15, 0.2) is 27.8 Å². The number of benzene rings is 3. The Morgan fingerprint density at radius 2 is 1.66 bits per heavy atom. The lowest BCUT2D eigenvalue weighted by Gasteiger charge is -2.25. The number of allylic oxidation sites excluding steroid dienone is 1. The van der Waals surface area contributed by atoms with Gasteiger partial charge in [0.05, 0.1) is 43.2 Å². The maximum absolute atomic E-state index is 14.0. The van der Waals surface area contributed by atoms with Gasteiger partial charge in [-0.1, -0.05) is 66.5 Å². The molecule has 0 bridgehead atoms. The number of fused-ring (bicyclic) bond motifs is 1. The number of nitrogens with zero attached hydrogens (tertiary/aromatic N) is 2. The van der Waals surface area contributed by atoms with Crippen LogP contribution in [0.25, 0.3) is 6.08 Å². The zero-order valence-electron chi connectivity index (χ0n) is 24.9. The summed E-state index contributed by atoms with van der Waals surface area (Å²) in [5, 5.41) is 0. The molecule has 10 heteroatoms. The Balaban J connectivity index is 1.62. The number of ether oxygens (including phenoxy) is 5. The minimum absolute atomic E-state index is 0.0155. The molecule has 9 nitrogen and oxygen atoms in total. The molecule has 0 spiro atoms. The van der Waals surface area contributed by atoms with Crippen LogP contribution in [0.15, 0.2) is 100 Å². The van der Waals surface area contributed by atoms with Crippen molar-refractivity contribution in [2.24, 2.45) is 4.99 Å². The van der Waals surface area contributed by atoms with Crippen LogP contribution in [0, 0.1) is 0 Å². The summed E-state index contributed by atoms with van der Waals surface area (Å²) in [6, 6.07) is 19.7. The number of hydrogen-bond donors (Lipinski definition) is 0. The van der Waals surface area contributed by atoms with Gasteiger partial charge in [0, 0.05) is 0 Å². The third-order valence-corrected chi connectivity index (χ3v) is 8.00. The number of carbonyl (C=O) groups is 1. The van der Waals surface area contributed by atoms with Crippen molar-refractivity contribution in [3.63, 3.8) is 0 Å². The normalized spacial score (nSPS) is 14.4. The van der Waals surface area contributed by atoms with Crippen molar-refractivity contribution < 1.29 is 28.5 Å². The summed E-state index contributed by atoms with van der Waals surface area (Å²) in [5.41, 5.74) is 2.77. The first-order valence-electron chi connectivity index (χ1n) is 13.8. The van der Waals surface area contributed by atoms with Crippen LogP contribution < -0.4 is 33.8 Å². The van der Waals surface area contributed by atoms with Crippen LogP contribution in [-0.4, -0.2) is 38.5 Å². The molecule has 1 aromatic heterocycles. The predicted octanol–water partition coefficient (Wildman–Crippen LogP) is 4.57. The number of thiazole rings is 1. The van der Waals surface area contributed by atoms with Gasteiger partial charge < -0.3 is 23.7 Å². The zero-order valence-corrected chi connectivity index (χ0v) is 25.7. The molecule has 0 fully saturated rings. The molecule has 4 aromatic rings. The number of methoxy groups -OCH3 is 3. The standard InChI is InChI=1S/C34H32N2O7S/c1-6-16-42-33(38)30-21(2)35-34-36(32(37)29(44-34)18-23-12-14-25(39-3)27(17-23)40-4)31(30)24-13-15-26(28(19-24)41-5)43-20-22-10-8-7-9-11-22/h6-15,17-19,31H,1,16,20H2,2-5H3/b29-18-. The Morgan fingerprint density at radius 3 is 2.36 bits per heavy atom. The van der Waals surface area contributed by atoms with E-state index in [4.69, 9.17) is 23.7 Å². The molecular formula is C34H32N2O7S. The second-order valence-corrected chi connectivity index (χ2v) is 10.8. The van der Waals surface area contributed by atoms with Crippen LogP contribution in [0.3, 0.4) is 0 Å². The van der Waals surface area contributed by atoms with E-state index in [-0.39, 0.29) is 17.7 Å². The average Bonchev–Trinajstić information content (AvgIpc) is 3.35. The second kappa shape index (κ2) is 13.5. The molecule has 1 unspecified atom stereocenters. The highest BCUT2D eigenvalue weighted by atomic mass is 32.1. The molecule has 0 saturated carbocycles. The first-order valence-corrected chi connectivity index (χ1v) is 14.6. The smallest absolute Gasteiger partial charge is 0.338 e. The van der Waals surface area contributed by atoms with Crippen molar-refractivity contribution in [2.75, 3.05) is 27.9 Å². The van der Waals surface area contributed by atoms with Crippen molar-refractivity contribution in [2.45, 2.75) is 19.6 Å². The molecule has 1 aliphatic heterocycles. The summed E-state index contributed by atoms with van der Waals surface area (Å²) in [5.74, 6) is 1.51. The van der Waals surface area contributed by atoms with Crippen LogP contribution in [0.2, 0.25) is 0 Å². The first kappa shape index (κ1) is 30.4. The number of esters is 1. The summed E-state index contributed by atoms with van der Waals surface area (Å²) in [6.07, 6.45) is 3.25. The molecule has 0 amide bonds. The molecule has 3 aromatic carbocycles. The van der Waals surface area contributed by atoms with E-state index < -0.39 is 12.0 Å². The molecule has 1 aliphatic rings. The number of carbonyl (C=O) groups excluding carboxylic acids is 1. The quantitative estimate of drug-likeness (QED) is 0.181. The van der Waals surface area contributed by atoms with E-state index in [2.05, 4.69) is 11.6 Å². The fraction of sp³-hybridized carbons (Fsp3) is 0.206. The number of hydrogen-bond acceptors (Lipinski definition) is 9. The van der Waals surface area contributed by atoms with Crippen LogP contribution in [0.5, 0.6) is 23.0 Å². The van der Waals surface area contributed by atoms with Gasteiger partial charge in [-0.25, -0.2) is 9.79 Å². The maximum Gasteiger partial charge on any atom is 0.338 e. The van der Waals surface area contributed by atoms with E-state index >= 15 is 0 Å². The highest BCUT2D eigenvalue weighted by molar-refractivity contribution is 7.07. The summed E-state index contributed by atoms with van der Waals surface area (Å²) < 4.78 is 29.9. The Kier molecular flexibility index (Phi) is 9.30. The molecule has 2 heterocycles. The van der Waals surface area contributed by atoms with E-state index in [1.807, 2.05) is 42.5 Å². The largest absolute Gasteiger partial charge is 0.493 e. The maximum atomic E-state index is 14.0. The predicted molar refractivity (Wildman–Crippen MR) is 168 cm³/mol. The van der Waals surface area contributed by atoms with Gasteiger partial charge in [-0.3, -0.25) is 9.36 Å². The minimum atomic E-state index is -0.826. The molecule has 44 heavy (non-hydrogen) atoms. The van der Waals surface area contributed by atoms with Crippen molar-refractivity contribution in [1.29, 1.82) is 0 Å². The van der Waals surface area contributed by atoms with E-state index in [0.717, 1.165) is 11.1 Å². The SMILES string of the molecule is C=CCOC(=O)C1=C(C)N=c2s/c(=C\c3ccc(OC)c(OC)c3)c(=O)n2C1c1ccc(OCc2ccccc2)c(OC)c1. The lowest BCUT2D eigenvalue weighted by molar-refractivity contribution is -0.138. The lowest BCUT2D eigenvalue weighted by Crippen LogP contribution is -2.40. The summed E-state index contributed by atoms with van der Waals surface area (Å²) in [4.78, 5) is 32.5. The number of aromatic nitrogens is 1. The first-order chi connectivity index (χ1) is 21.4. The average molecular weight is 613 g/mol. The summed E-state index contributed by atoms with van der Waals surface area (Å²) >= 11 is 1.23. The summed E-state index contributed by atoms with van der Waals surface area (Å²) in [6.45, 7) is 5.74. The summed E-state index contributed by atoms with van der Waals surface area (Å²) in [7, 11) is 4.66. The highest BCUT2D eigenvalue weighted by Gasteiger charge is 2.34. The zero-order chi connectivity index (χ0) is 31.2. The van der Waals surface area contributed by atoms with E-state index in [1.165, 1.54) is 22.0 Å². The molecule has 0 aliphatic carbocycles. The monoisotopic (exact) mass is 612 g/mol. The fourth-order valence-electron chi connectivity index (χ4n) is 4.91. The second-order valence-electron chi connectivity index (χ2n) is 9.77. The van der Waals surface area contributed by atoms with Gasteiger partial charge in [-0.05, 0) is 54.0 Å². The van der Waals surface area contributed by atoms with Crippen LogP contribution in [-0.2, 0) is 16.1 Å². The van der Waals surface area contributed by atoms with Crippen LogP contribution in [0.1, 0.15) is 29.7 Å². The van der Waals surface area contributed by atoms with Crippen LogP contribution in [0.4, 0.5) is 0 Å². The van der Waals surface area contributed by atoms with Crippen molar-refractivity contribution in [1.82, 2.24) is 4.57 Å².